The number of amides is 1. The summed E-state index contributed by atoms with van der Waals surface area (Å²) in [7, 11) is 0. The van der Waals surface area contributed by atoms with Crippen molar-refractivity contribution < 1.29 is 4.79 Å². The standard InChI is InChI=1S/C20H20BrN3O2/c1-5-24-17-10-12(3)11(2)9-16(17)23-18(20(24)26)19(25)22-14-6-7-15(21)13(4)8-14/h6-10H,5H2,1-4H3,(H,22,25). The van der Waals surface area contributed by atoms with Gasteiger partial charge in [0.05, 0.1) is 11.0 Å². The van der Waals surface area contributed by atoms with Gasteiger partial charge in [-0.05, 0) is 74.7 Å². The van der Waals surface area contributed by atoms with E-state index in [9.17, 15) is 9.59 Å². The van der Waals surface area contributed by atoms with E-state index in [1.54, 1.807) is 10.6 Å². The minimum Gasteiger partial charge on any atom is -0.320 e. The Hall–Kier alpha value is -2.47. The van der Waals surface area contributed by atoms with Crippen molar-refractivity contribution in [3.63, 3.8) is 0 Å². The van der Waals surface area contributed by atoms with Crippen molar-refractivity contribution in [2.24, 2.45) is 0 Å². The lowest BCUT2D eigenvalue weighted by Crippen LogP contribution is -2.31. The van der Waals surface area contributed by atoms with Crippen LogP contribution in [0.2, 0.25) is 0 Å². The maximum atomic E-state index is 12.8. The van der Waals surface area contributed by atoms with Crippen LogP contribution in [0.1, 0.15) is 34.1 Å². The van der Waals surface area contributed by atoms with Crippen LogP contribution in [0.4, 0.5) is 5.69 Å². The molecular formula is C20H20BrN3O2. The van der Waals surface area contributed by atoms with E-state index in [0.29, 0.717) is 17.7 Å². The number of nitrogens with one attached hydrogen (secondary N) is 1. The van der Waals surface area contributed by atoms with E-state index in [4.69, 9.17) is 0 Å². The van der Waals surface area contributed by atoms with Gasteiger partial charge in [-0.15, -0.1) is 0 Å². The number of fused-ring (bicyclic) bond motifs is 1. The van der Waals surface area contributed by atoms with Crippen LogP contribution < -0.4 is 10.9 Å². The summed E-state index contributed by atoms with van der Waals surface area (Å²) in [5.41, 5.74) is 4.69. The Morgan fingerprint density at radius 3 is 2.46 bits per heavy atom. The molecule has 134 valence electrons. The molecule has 0 aliphatic carbocycles. The first-order chi connectivity index (χ1) is 12.3. The topological polar surface area (TPSA) is 64.0 Å². The molecule has 1 aromatic heterocycles. The Morgan fingerprint density at radius 1 is 1.12 bits per heavy atom. The zero-order valence-corrected chi connectivity index (χ0v) is 16.8. The van der Waals surface area contributed by atoms with E-state index in [1.165, 1.54) is 0 Å². The van der Waals surface area contributed by atoms with Gasteiger partial charge in [-0.2, -0.15) is 0 Å². The van der Waals surface area contributed by atoms with Crippen LogP contribution in [-0.2, 0) is 6.54 Å². The molecule has 3 aromatic rings. The SMILES string of the molecule is CCn1c(=O)c(C(=O)Nc2ccc(Br)c(C)c2)nc2cc(C)c(C)cc21. The highest BCUT2D eigenvalue weighted by Crippen LogP contribution is 2.21. The number of hydrogen-bond donors (Lipinski definition) is 1. The highest BCUT2D eigenvalue weighted by Gasteiger charge is 2.18. The second kappa shape index (κ2) is 7.03. The summed E-state index contributed by atoms with van der Waals surface area (Å²) >= 11 is 3.43. The average molecular weight is 414 g/mol. The molecule has 0 bridgehead atoms. The number of rotatable bonds is 3. The second-order valence-corrected chi connectivity index (χ2v) is 7.21. The van der Waals surface area contributed by atoms with Crippen molar-refractivity contribution in [2.75, 3.05) is 5.32 Å². The van der Waals surface area contributed by atoms with E-state index in [2.05, 4.69) is 26.2 Å². The molecule has 2 aromatic carbocycles. The minimum absolute atomic E-state index is 0.0943. The number of nitrogens with zero attached hydrogens (tertiary/aromatic N) is 2. The molecule has 0 fully saturated rings. The summed E-state index contributed by atoms with van der Waals surface area (Å²) < 4.78 is 2.55. The first-order valence-electron chi connectivity index (χ1n) is 8.41. The van der Waals surface area contributed by atoms with E-state index in [-0.39, 0.29) is 11.3 Å². The predicted molar refractivity (Wildman–Crippen MR) is 108 cm³/mol. The fourth-order valence-corrected chi connectivity index (χ4v) is 3.12. The lowest BCUT2D eigenvalue weighted by molar-refractivity contribution is 0.102. The monoisotopic (exact) mass is 413 g/mol. The van der Waals surface area contributed by atoms with Gasteiger partial charge in [0.1, 0.15) is 0 Å². The van der Waals surface area contributed by atoms with Crippen LogP contribution in [0.15, 0.2) is 39.6 Å². The third-order valence-electron chi connectivity index (χ3n) is 4.51. The van der Waals surface area contributed by atoms with Gasteiger partial charge in [-0.25, -0.2) is 4.98 Å². The number of anilines is 1. The lowest BCUT2D eigenvalue weighted by atomic mass is 10.1. The maximum Gasteiger partial charge on any atom is 0.282 e. The molecule has 1 heterocycles. The fourth-order valence-electron chi connectivity index (χ4n) is 2.87. The number of aromatic nitrogens is 2. The van der Waals surface area contributed by atoms with Crippen molar-refractivity contribution in [1.29, 1.82) is 0 Å². The number of halogens is 1. The van der Waals surface area contributed by atoms with Crippen LogP contribution in [0.5, 0.6) is 0 Å². The normalized spacial score (nSPS) is 11.0. The highest BCUT2D eigenvalue weighted by molar-refractivity contribution is 9.10. The van der Waals surface area contributed by atoms with Gasteiger partial charge in [-0.1, -0.05) is 15.9 Å². The summed E-state index contributed by atoms with van der Waals surface area (Å²) in [5.74, 6) is -0.501. The number of carbonyl (C=O) groups excluding carboxylic acids is 1. The molecule has 0 spiro atoms. The van der Waals surface area contributed by atoms with Gasteiger partial charge in [0.2, 0.25) is 0 Å². The molecule has 0 aliphatic rings. The predicted octanol–water partition coefficient (Wildman–Crippen LogP) is 4.36. The van der Waals surface area contributed by atoms with E-state index >= 15 is 0 Å². The van der Waals surface area contributed by atoms with E-state index in [0.717, 1.165) is 26.7 Å². The van der Waals surface area contributed by atoms with Crippen molar-refractivity contribution in [3.8, 4) is 0 Å². The molecule has 1 amide bonds. The summed E-state index contributed by atoms with van der Waals surface area (Å²) in [6.07, 6.45) is 0. The fraction of sp³-hybridized carbons (Fsp3) is 0.250. The number of benzene rings is 2. The van der Waals surface area contributed by atoms with E-state index in [1.807, 2.05) is 52.0 Å². The summed E-state index contributed by atoms with van der Waals surface area (Å²) in [6.45, 7) is 8.27. The molecule has 0 saturated heterocycles. The molecule has 0 aliphatic heterocycles. The second-order valence-electron chi connectivity index (χ2n) is 6.35. The van der Waals surface area contributed by atoms with Gasteiger partial charge in [0.15, 0.2) is 5.69 Å². The minimum atomic E-state index is -0.501. The maximum absolute atomic E-state index is 12.8. The zero-order valence-electron chi connectivity index (χ0n) is 15.2. The average Bonchev–Trinajstić information content (AvgIpc) is 2.59. The third-order valence-corrected chi connectivity index (χ3v) is 5.40. The first kappa shape index (κ1) is 18.3. The van der Waals surface area contributed by atoms with Crippen molar-refractivity contribution in [3.05, 3.63) is 67.5 Å². The van der Waals surface area contributed by atoms with Gasteiger partial charge in [-0.3, -0.25) is 9.59 Å². The van der Waals surface area contributed by atoms with Crippen molar-refractivity contribution >= 4 is 38.6 Å². The third kappa shape index (κ3) is 3.29. The molecular weight excluding hydrogens is 394 g/mol. The van der Waals surface area contributed by atoms with Gasteiger partial charge < -0.3 is 9.88 Å². The molecule has 3 rings (SSSR count). The summed E-state index contributed by atoms with van der Waals surface area (Å²) in [6, 6.07) is 9.34. The van der Waals surface area contributed by atoms with Crippen molar-refractivity contribution in [2.45, 2.75) is 34.2 Å². The van der Waals surface area contributed by atoms with Crippen LogP contribution in [0.3, 0.4) is 0 Å². The number of aryl methyl sites for hydroxylation is 4. The Bertz CT molecular complexity index is 1090. The Morgan fingerprint density at radius 2 is 1.81 bits per heavy atom. The Labute approximate surface area is 160 Å². The lowest BCUT2D eigenvalue weighted by Gasteiger charge is -2.13. The molecule has 26 heavy (non-hydrogen) atoms. The molecule has 1 N–H and O–H groups in total. The smallest absolute Gasteiger partial charge is 0.282 e. The molecule has 0 radical (unpaired) electrons. The van der Waals surface area contributed by atoms with Crippen LogP contribution in [0, 0.1) is 20.8 Å². The molecule has 5 nitrogen and oxygen atoms in total. The first-order valence-corrected chi connectivity index (χ1v) is 9.20. The largest absolute Gasteiger partial charge is 0.320 e. The molecule has 0 atom stereocenters. The molecule has 0 unspecified atom stereocenters. The van der Waals surface area contributed by atoms with Crippen molar-refractivity contribution in [1.82, 2.24) is 9.55 Å². The molecule has 0 saturated carbocycles. The van der Waals surface area contributed by atoms with Crippen LogP contribution in [0.25, 0.3) is 11.0 Å². The highest BCUT2D eigenvalue weighted by atomic mass is 79.9. The van der Waals surface area contributed by atoms with E-state index < -0.39 is 5.91 Å². The quantitative estimate of drug-likeness (QED) is 0.693. The summed E-state index contributed by atoms with van der Waals surface area (Å²) in [5, 5.41) is 2.77. The Kier molecular flexibility index (Phi) is 4.96. The van der Waals surface area contributed by atoms with Crippen LogP contribution in [-0.4, -0.2) is 15.5 Å². The van der Waals surface area contributed by atoms with Gasteiger partial charge in [0, 0.05) is 16.7 Å². The summed E-state index contributed by atoms with van der Waals surface area (Å²) in [4.78, 5) is 29.9. The number of hydrogen-bond acceptors (Lipinski definition) is 3. The zero-order chi connectivity index (χ0) is 19.0. The van der Waals surface area contributed by atoms with Gasteiger partial charge in [0.25, 0.3) is 11.5 Å². The molecule has 6 heteroatoms. The Balaban J connectivity index is 2.10. The van der Waals surface area contributed by atoms with Gasteiger partial charge >= 0.3 is 0 Å². The van der Waals surface area contributed by atoms with Crippen LogP contribution >= 0.6 is 15.9 Å². The number of carbonyl (C=O) groups is 1.